The van der Waals surface area contributed by atoms with E-state index in [9.17, 15) is 9.18 Å². The van der Waals surface area contributed by atoms with Gasteiger partial charge < -0.3 is 9.84 Å². The van der Waals surface area contributed by atoms with Gasteiger partial charge in [-0.1, -0.05) is 48.5 Å². The monoisotopic (exact) mass is 322 g/mol. The maximum Gasteiger partial charge on any atom is 0.338 e. The van der Waals surface area contributed by atoms with Gasteiger partial charge in [0.15, 0.2) is 0 Å². The number of rotatable bonds is 5. The second-order valence-electron chi connectivity index (χ2n) is 5.30. The molecule has 0 aliphatic carbocycles. The van der Waals surface area contributed by atoms with Crippen LogP contribution in [-0.4, -0.2) is 11.1 Å². The van der Waals surface area contributed by atoms with Gasteiger partial charge in [-0.05, 0) is 41.0 Å². The minimum absolute atomic E-state index is 0.344. The van der Waals surface area contributed by atoms with E-state index in [-0.39, 0.29) is 5.56 Å². The van der Waals surface area contributed by atoms with E-state index in [2.05, 4.69) is 0 Å². The van der Waals surface area contributed by atoms with Crippen LogP contribution in [0.2, 0.25) is 0 Å². The van der Waals surface area contributed by atoms with Crippen LogP contribution in [0.3, 0.4) is 0 Å². The fourth-order valence-electron chi connectivity index (χ4n) is 2.38. The Labute approximate surface area is 139 Å². The van der Waals surface area contributed by atoms with Gasteiger partial charge >= 0.3 is 5.97 Å². The number of hydrogen-bond donors (Lipinski definition) is 1. The van der Waals surface area contributed by atoms with Gasteiger partial charge in [0.05, 0.1) is 5.56 Å². The molecule has 0 amide bonds. The summed E-state index contributed by atoms with van der Waals surface area (Å²) in [6.45, 7) is 0.439. The number of carboxylic acid groups (broad SMARTS) is 1. The van der Waals surface area contributed by atoms with Crippen molar-refractivity contribution in [3.8, 4) is 16.9 Å². The van der Waals surface area contributed by atoms with Crippen LogP contribution >= 0.6 is 0 Å². The number of benzene rings is 3. The number of aromatic carboxylic acids is 1. The molecule has 0 bridgehead atoms. The third kappa shape index (κ3) is 3.60. The Kier molecular flexibility index (Phi) is 4.57. The normalized spacial score (nSPS) is 10.4. The first-order valence-electron chi connectivity index (χ1n) is 7.43. The van der Waals surface area contributed by atoms with Crippen molar-refractivity contribution in [2.45, 2.75) is 6.61 Å². The molecule has 0 saturated carbocycles. The highest BCUT2D eigenvalue weighted by molar-refractivity contribution is 5.89. The Balaban J connectivity index is 1.83. The van der Waals surface area contributed by atoms with Crippen molar-refractivity contribution in [3.63, 3.8) is 0 Å². The molecule has 0 radical (unpaired) electrons. The van der Waals surface area contributed by atoms with Crippen LogP contribution in [0.5, 0.6) is 5.75 Å². The number of ether oxygens (including phenoxy) is 1. The lowest BCUT2D eigenvalue weighted by molar-refractivity contribution is 0.0692. The van der Waals surface area contributed by atoms with Crippen LogP contribution in [0.4, 0.5) is 4.39 Å². The van der Waals surface area contributed by atoms with Crippen molar-refractivity contribution in [1.29, 1.82) is 0 Å². The third-order valence-electron chi connectivity index (χ3n) is 3.61. The van der Waals surface area contributed by atoms with E-state index in [0.717, 1.165) is 17.2 Å². The fourth-order valence-corrected chi connectivity index (χ4v) is 2.38. The van der Waals surface area contributed by atoms with Crippen LogP contribution < -0.4 is 4.74 Å². The molecule has 4 heteroatoms. The molecule has 0 spiro atoms. The van der Waals surface area contributed by atoms with Crippen LogP contribution in [0, 0.1) is 5.82 Å². The van der Waals surface area contributed by atoms with E-state index in [4.69, 9.17) is 9.84 Å². The third-order valence-corrected chi connectivity index (χ3v) is 3.61. The molecule has 3 rings (SSSR count). The highest BCUT2D eigenvalue weighted by Crippen LogP contribution is 2.26. The van der Waals surface area contributed by atoms with Crippen LogP contribution in [0.1, 0.15) is 15.9 Å². The smallest absolute Gasteiger partial charge is 0.338 e. The number of hydrogen-bond acceptors (Lipinski definition) is 2. The Hall–Kier alpha value is -3.14. The zero-order valence-electron chi connectivity index (χ0n) is 12.8. The average molecular weight is 322 g/mol. The topological polar surface area (TPSA) is 46.5 Å². The Bertz CT molecular complexity index is 860. The molecule has 0 fully saturated rings. The van der Waals surface area contributed by atoms with E-state index >= 15 is 0 Å². The minimum atomic E-state index is -1.29. The first-order valence-corrected chi connectivity index (χ1v) is 7.43. The molecule has 3 aromatic rings. The lowest BCUT2D eigenvalue weighted by atomic mass is 10.0. The number of carboxylic acids is 1. The van der Waals surface area contributed by atoms with Crippen LogP contribution in [0.25, 0.3) is 11.1 Å². The minimum Gasteiger partial charge on any atom is -0.489 e. The molecule has 0 unspecified atom stereocenters. The summed E-state index contributed by atoms with van der Waals surface area (Å²) in [5.74, 6) is -1.37. The predicted octanol–water partition coefficient (Wildman–Crippen LogP) is 4.77. The molecule has 3 nitrogen and oxygen atoms in total. The van der Waals surface area contributed by atoms with Crippen molar-refractivity contribution in [2.75, 3.05) is 0 Å². The molecule has 0 aliphatic heterocycles. The van der Waals surface area contributed by atoms with Gasteiger partial charge in [0, 0.05) is 0 Å². The van der Waals surface area contributed by atoms with Crippen molar-refractivity contribution in [1.82, 2.24) is 0 Å². The lowest BCUT2D eigenvalue weighted by Crippen LogP contribution is -2.00. The molecule has 0 heterocycles. The van der Waals surface area contributed by atoms with E-state index in [1.54, 1.807) is 6.07 Å². The molecule has 0 atom stereocenters. The van der Waals surface area contributed by atoms with E-state index in [1.807, 2.05) is 54.6 Å². The quantitative estimate of drug-likeness (QED) is 0.736. The SMILES string of the molecule is O=C(O)c1cc(-c2cccc(OCc3ccccc3)c2)ccc1F. The molecule has 120 valence electrons. The molecule has 0 aliphatic rings. The van der Waals surface area contributed by atoms with E-state index in [0.29, 0.717) is 17.9 Å². The zero-order valence-corrected chi connectivity index (χ0v) is 12.8. The van der Waals surface area contributed by atoms with Crippen molar-refractivity contribution in [2.24, 2.45) is 0 Å². The molecule has 24 heavy (non-hydrogen) atoms. The van der Waals surface area contributed by atoms with Gasteiger partial charge in [-0.3, -0.25) is 0 Å². The van der Waals surface area contributed by atoms with Gasteiger partial charge in [-0.15, -0.1) is 0 Å². The fraction of sp³-hybridized carbons (Fsp3) is 0.0500. The maximum atomic E-state index is 13.5. The van der Waals surface area contributed by atoms with Crippen LogP contribution in [-0.2, 0) is 6.61 Å². The highest BCUT2D eigenvalue weighted by Gasteiger charge is 2.12. The molecule has 1 N–H and O–H groups in total. The summed E-state index contributed by atoms with van der Waals surface area (Å²) in [6, 6.07) is 21.1. The van der Waals surface area contributed by atoms with Gasteiger partial charge in [0.25, 0.3) is 0 Å². The predicted molar refractivity (Wildman–Crippen MR) is 89.6 cm³/mol. The zero-order chi connectivity index (χ0) is 16.9. The average Bonchev–Trinajstić information content (AvgIpc) is 2.61. The van der Waals surface area contributed by atoms with Crippen molar-refractivity contribution >= 4 is 5.97 Å². The maximum absolute atomic E-state index is 13.5. The Morgan fingerprint density at radius 2 is 1.67 bits per heavy atom. The lowest BCUT2D eigenvalue weighted by Gasteiger charge is -2.09. The van der Waals surface area contributed by atoms with Gasteiger partial charge in [-0.25, -0.2) is 9.18 Å². The molecular weight excluding hydrogens is 307 g/mol. The van der Waals surface area contributed by atoms with E-state index in [1.165, 1.54) is 6.07 Å². The van der Waals surface area contributed by atoms with Gasteiger partial charge in [0.1, 0.15) is 18.2 Å². The van der Waals surface area contributed by atoms with Gasteiger partial charge in [0.2, 0.25) is 0 Å². The summed E-state index contributed by atoms with van der Waals surface area (Å²) < 4.78 is 19.3. The summed E-state index contributed by atoms with van der Waals surface area (Å²) in [4.78, 5) is 11.1. The summed E-state index contributed by atoms with van der Waals surface area (Å²) >= 11 is 0. The van der Waals surface area contributed by atoms with Crippen LogP contribution in [0.15, 0.2) is 72.8 Å². The Morgan fingerprint density at radius 3 is 2.42 bits per heavy atom. The summed E-state index contributed by atoms with van der Waals surface area (Å²) in [5.41, 5.74) is 2.10. The number of halogens is 1. The van der Waals surface area contributed by atoms with Gasteiger partial charge in [-0.2, -0.15) is 0 Å². The standard InChI is InChI=1S/C20H15FO3/c21-19-10-9-16(12-18(19)20(22)23)15-7-4-8-17(11-15)24-13-14-5-2-1-3-6-14/h1-12H,13H2,(H,22,23). The largest absolute Gasteiger partial charge is 0.489 e. The first kappa shape index (κ1) is 15.7. The van der Waals surface area contributed by atoms with Crippen molar-refractivity contribution in [3.05, 3.63) is 89.7 Å². The highest BCUT2D eigenvalue weighted by atomic mass is 19.1. The summed E-state index contributed by atoms with van der Waals surface area (Å²) in [5, 5.41) is 9.04. The number of carbonyl (C=O) groups is 1. The van der Waals surface area contributed by atoms with E-state index < -0.39 is 11.8 Å². The molecule has 3 aromatic carbocycles. The summed E-state index contributed by atoms with van der Waals surface area (Å²) in [7, 11) is 0. The summed E-state index contributed by atoms with van der Waals surface area (Å²) in [6.07, 6.45) is 0. The molecule has 0 aromatic heterocycles. The Morgan fingerprint density at radius 1 is 0.917 bits per heavy atom. The van der Waals surface area contributed by atoms with Crippen molar-refractivity contribution < 1.29 is 19.0 Å². The molecule has 0 saturated heterocycles. The molecular formula is C20H15FO3. The second kappa shape index (κ2) is 6.96. The first-order chi connectivity index (χ1) is 11.6. The second-order valence-corrected chi connectivity index (χ2v) is 5.30.